The van der Waals surface area contributed by atoms with Gasteiger partial charge in [-0.1, -0.05) is 47.5 Å². The van der Waals surface area contributed by atoms with E-state index in [-0.39, 0.29) is 0 Å². The molecule has 4 heteroatoms. The van der Waals surface area contributed by atoms with Gasteiger partial charge in [0.1, 0.15) is 0 Å². The number of thioether (sulfide) groups is 2. The standard InChI is InChI=1S/C16H14Cl2S2/c17-13-5-1-11(2-6-13)15-9-19-10-16(20-15)12-3-7-14(18)8-4-12/h1-8,15-16H,9-10H2. The van der Waals surface area contributed by atoms with E-state index < -0.39 is 0 Å². The Morgan fingerprint density at radius 1 is 0.700 bits per heavy atom. The van der Waals surface area contributed by atoms with E-state index in [0.717, 1.165) is 21.6 Å². The van der Waals surface area contributed by atoms with Crippen LogP contribution in [0.25, 0.3) is 0 Å². The Kier molecular flexibility index (Phi) is 4.87. The molecule has 0 radical (unpaired) electrons. The van der Waals surface area contributed by atoms with Crippen LogP contribution in [0.5, 0.6) is 0 Å². The summed E-state index contributed by atoms with van der Waals surface area (Å²) in [4.78, 5) is 0. The van der Waals surface area contributed by atoms with Crippen LogP contribution in [-0.4, -0.2) is 11.5 Å². The maximum absolute atomic E-state index is 5.97. The van der Waals surface area contributed by atoms with Crippen LogP contribution in [0.1, 0.15) is 21.6 Å². The molecule has 3 rings (SSSR count). The largest absolute Gasteiger partial charge is 0.159 e. The van der Waals surface area contributed by atoms with Crippen LogP contribution in [0.3, 0.4) is 0 Å². The topological polar surface area (TPSA) is 0 Å². The van der Waals surface area contributed by atoms with Crippen molar-refractivity contribution in [3.05, 3.63) is 69.7 Å². The molecule has 2 aromatic rings. The lowest BCUT2D eigenvalue weighted by Crippen LogP contribution is -2.11. The molecule has 0 N–H and O–H groups in total. The van der Waals surface area contributed by atoms with Gasteiger partial charge in [-0.05, 0) is 35.4 Å². The summed E-state index contributed by atoms with van der Waals surface area (Å²) in [5.74, 6) is 2.33. The number of benzene rings is 2. The number of hydrogen-bond acceptors (Lipinski definition) is 2. The molecule has 104 valence electrons. The minimum absolute atomic E-state index is 0.534. The fourth-order valence-electron chi connectivity index (χ4n) is 2.26. The van der Waals surface area contributed by atoms with Crippen molar-refractivity contribution in [2.24, 2.45) is 0 Å². The molecule has 1 fully saturated rings. The normalized spacial score (nSPS) is 22.7. The van der Waals surface area contributed by atoms with Crippen LogP contribution < -0.4 is 0 Å². The fourth-order valence-corrected chi connectivity index (χ4v) is 5.70. The summed E-state index contributed by atoms with van der Waals surface area (Å²) in [6, 6.07) is 16.5. The van der Waals surface area contributed by atoms with Gasteiger partial charge in [-0.2, -0.15) is 11.8 Å². The first-order valence-corrected chi connectivity index (χ1v) is 9.32. The third kappa shape index (κ3) is 3.48. The zero-order valence-electron chi connectivity index (χ0n) is 10.8. The summed E-state index contributed by atoms with van der Waals surface area (Å²) in [6.07, 6.45) is 0. The van der Waals surface area contributed by atoms with Gasteiger partial charge in [0.15, 0.2) is 0 Å². The van der Waals surface area contributed by atoms with Crippen molar-refractivity contribution >= 4 is 46.7 Å². The van der Waals surface area contributed by atoms with Crippen LogP contribution >= 0.6 is 46.7 Å². The molecule has 0 bridgehead atoms. The van der Waals surface area contributed by atoms with Gasteiger partial charge >= 0.3 is 0 Å². The first-order chi connectivity index (χ1) is 9.72. The predicted molar refractivity (Wildman–Crippen MR) is 93.3 cm³/mol. The van der Waals surface area contributed by atoms with Crippen LogP contribution in [0, 0.1) is 0 Å². The molecule has 1 heterocycles. The van der Waals surface area contributed by atoms with E-state index >= 15 is 0 Å². The summed E-state index contributed by atoms with van der Waals surface area (Å²) in [5, 5.41) is 2.67. The Morgan fingerprint density at radius 2 is 1.10 bits per heavy atom. The predicted octanol–water partition coefficient (Wildman–Crippen LogP) is 6.26. The average molecular weight is 341 g/mol. The number of hydrogen-bond donors (Lipinski definition) is 0. The summed E-state index contributed by atoms with van der Waals surface area (Å²) >= 11 is 16.0. The van der Waals surface area contributed by atoms with Gasteiger partial charge in [-0.25, -0.2) is 0 Å². The van der Waals surface area contributed by atoms with E-state index in [1.54, 1.807) is 0 Å². The first kappa shape index (κ1) is 14.6. The van der Waals surface area contributed by atoms with E-state index in [4.69, 9.17) is 23.2 Å². The Balaban J connectivity index is 1.76. The van der Waals surface area contributed by atoms with E-state index in [0.29, 0.717) is 10.5 Å². The molecule has 0 aromatic heterocycles. The summed E-state index contributed by atoms with van der Waals surface area (Å²) in [7, 11) is 0. The lowest BCUT2D eigenvalue weighted by Gasteiger charge is -2.29. The van der Waals surface area contributed by atoms with E-state index in [1.165, 1.54) is 11.1 Å². The van der Waals surface area contributed by atoms with Crippen molar-refractivity contribution in [1.29, 1.82) is 0 Å². The zero-order valence-corrected chi connectivity index (χ0v) is 13.9. The highest BCUT2D eigenvalue weighted by Crippen LogP contribution is 2.48. The minimum atomic E-state index is 0.534. The molecule has 1 aliphatic rings. The summed E-state index contributed by atoms with van der Waals surface area (Å²) < 4.78 is 0. The molecule has 2 atom stereocenters. The third-order valence-electron chi connectivity index (χ3n) is 3.35. The molecule has 20 heavy (non-hydrogen) atoms. The van der Waals surface area contributed by atoms with Crippen LogP contribution in [0.15, 0.2) is 48.5 Å². The van der Waals surface area contributed by atoms with Gasteiger partial charge in [0.25, 0.3) is 0 Å². The highest BCUT2D eigenvalue weighted by molar-refractivity contribution is 8.06. The monoisotopic (exact) mass is 340 g/mol. The molecular formula is C16H14Cl2S2. The van der Waals surface area contributed by atoms with Gasteiger partial charge in [-0.15, -0.1) is 11.8 Å². The smallest absolute Gasteiger partial charge is 0.0406 e. The molecule has 2 aromatic carbocycles. The van der Waals surface area contributed by atoms with Gasteiger partial charge in [0.05, 0.1) is 0 Å². The Labute approximate surface area is 138 Å². The quantitative estimate of drug-likeness (QED) is 0.633. The lowest BCUT2D eigenvalue weighted by atomic mass is 10.1. The Bertz CT molecular complexity index is 515. The molecule has 1 saturated heterocycles. The molecule has 0 nitrogen and oxygen atoms in total. The molecule has 2 unspecified atom stereocenters. The highest BCUT2D eigenvalue weighted by atomic mass is 35.5. The number of rotatable bonds is 2. The van der Waals surface area contributed by atoms with Crippen molar-refractivity contribution < 1.29 is 0 Å². The van der Waals surface area contributed by atoms with Crippen molar-refractivity contribution in [1.82, 2.24) is 0 Å². The van der Waals surface area contributed by atoms with Crippen LogP contribution in [-0.2, 0) is 0 Å². The molecule has 0 aliphatic carbocycles. The lowest BCUT2D eigenvalue weighted by molar-refractivity contribution is 1.02. The average Bonchev–Trinajstić information content (AvgIpc) is 2.49. The second-order valence-corrected chi connectivity index (χ2v) is 8.11. The maximum Gasteiger partial charge on any atom is 0.0406 e. The van der Waals surface area contributed by atoms with E-state index in [2.05, 4.69) is 24.3 Å². The Morgan fingerprint density at radius 3 is 1.50 bits per heavy atom. The highest BCUT2D eigenvalue weighted by Gasteiger charge is 2.25. The molecule has 0 saturated carbocycles. The zero-order chi connectivity index (χ0) is 13.9. The molecule has 0 amide bonds. The maximum atomic E-state index is 5.97. The fraction of sp³-hybridized carbons (Fsp3) is 0.250. The number of halogens is 2. The van der Waals surface area contributed by atoms with Gasteiger partial charge in [0.2, 0.25) is 0 Å². The third-order valence-corrected chi connectivity index (χ3v) is 6.95. The summed E-state index contributed by atoms with van der Waals surface area (Å²) in [5.41, 5.74) is 2.73. The van der Waals surface area contributed by atoms with Crippen molar-refractivity contribution in [2.45, 2.75) is 10.5 Å². The van der Waals surface area contributed by atoms with Gasteiger partial charge in [0, 0.05) is 32.1 Å². The SMILES string of the molecule is Clc1ccc(C2CSCC(c3ccc(Cl)cc3)S2)cc1. The second kappa shape index (κ2) is 6.65. The van der Waals surface area contributed by atoms with E-state index in [9.17, 15) is 0 Å². The molecule has 1 aliphatic heterocycles. The first-order valence-electron chi connectivity index (χ1n) is 6.46. The van der Waals surface area contributed by atoms with Crippen LogP contribution in [0.2, 0.25) is 10.0 Å². The van der Waals surface area contributed by atoms with Crippen LogP contribution in [0.4, 0.5) is 0 Å². The Hall–Kier alpha value is -0.280. The molecule has 0 spiro atoms. The summed E-state index contributed by atoms with van der Waals surface area (Å²) in [6.45, 7) is 0. The van der Waals surface area contributed by atoms with Crippen molar-refractivity contribution in [3.8, 4) is 0 Å². The van der Waals surface area contributed by atoms with Gasteiger partial charge < -0.3 is 0 Å². The van der Waals surface area contributed by atoms with E-state index in [1.807, 2.05) is 47.8 Å². The van der Waals surface area contributed by atoms with Gasteiger partial charge in [-0.3, -0.25) is 0 Å². The molecular weight excluding hydrogens is 327 g/mol. The second-order valence-electron chi connectivity index (χ2n) is 4.75. The van der Waals surface area contributed by atoms with Crippen molar-refractivity contribution in [2.75, 3.05) is 11.5 Å². The van der Waals surface area contributed by atoms with Crippen molar-refractivity contribution in [3.63, 3.8) is 0 Å². The minimum Gasteiger partial charge on any atom is -0.159 e.